The molecule has 0 atom stereocenters. The third-order valence-electron chi connectivity index (χ3n) is 2.47. The predicted molar refractivity (Wildman–Crippen MR) is 65.5 cm³/mol. The van der Waals surface area contributed by atoms with Crippen molar-refractivity contribution in [2.75, 3.05) is 18.9 Å². The molecular formula is C12H15N3O. The monoisotopic (exact) mass is 217 g/mol. The Balaban J connectivity index is 2.14. The van der Waals surface area contributed by atoms with E-state index < -0.39 is 0 Å². The van der Waals surface area contributed by atoms with Crippen molar-refractivity contribution < 1.29 is 4.79 Å². The molecule has 1 amide bonds. The fourth-order valence-corrected chi connectivity index (χ4v) is 1.65. The summed E-state index contributed by atoms with van der Waals surface area (Å²) in [5.41, 5.74) is 1.89. The van der Waals surface area contributed by atoms with Crippen LogP contribution in [0.4, 0.5) is 5.69 Å². The maximum Gasteiger partial charge on any atom is 0.225 e. The van der Waals surface area contributed by atoms with E-state index in [2.05, 4.69) is 15.6 Å². The normalized spacial score (nSPS) is 10.6. The number of carbonyl (C=O) groups is 1. The fraction of sp³-hybridized carbons (Fsp3) is 0.250. The van der Waals surface area contributed by atoms with Gasteiger partial charge in [-0.25, -0.2) is 0 Å². The molecule has 4 heteroatoms. The molecular weight excluding hydrogens is 202 g/mol. The van der Waals surface area contributed by atoms with Crippen molar-refractivity contribution >= 4 is 22.5 Å². The van der Waals surface area contributed by atoms with E-state index in [0.717, 1.165) is 16.6 Å². The highest BCUT2D eigenvalue weighted by Crippen LogP contribution is 2.21. The Morgan fingerprint density at radius 2 is 2.25 bits per heavy atom. The van der Waals surface area contributed by atoms with Crippen LogP contribution in [0.2, 0.25) is 0 Å². The minimum atomic E-state index is 0.0306. The zero-order chi connectivity index (χ0) is 11.4. The van der Waals surface area contributed by atoms with E-state index in [4.69, 9.17) is 0 Å². The number of carbonyl (C=O) groups excluding carboxylic acids is 1. The molecule has 0 radical (unpaired) electrons. The summed E-state index contributed by atoms with van der Waals surface area (Å²) in [6.07, 6.45) is 2.35. The Kier molecular flexibility index (Phi) is 3.22. The van der Waals surface area contributed by atoms with E-state index in [1.807, 2.05) is 37.5 Å². The maximum atomic E-state index is 11.6. The summed E-state index contributed by atoms with van der Waals surface area (Å²) in [5, 5.41) is 6.90. The second kappa shape index (κ2) is 4.81. The van der Waals surface area contributed by atoms with Gasteiger partial charge in [0.25, 0.3) is 0 Å². The molecule has 0 fully saturated rings. The van der Waals surface area contributed by atoms with Gasteiger partial charge in [0.2, 0.25) is 5.91 Å². The molecule has 1 heterocycles. The first-order valence-electron chi connectivity index (χ1n) is 5.32. The molecule has 0 aliphatic heterocycles. The number of benzene rings is 1. The first kappa shape index (κ1) is 10.7. The first-order chi connectivity index (χ1) is 7.81. The molecule has 2 aromatic rings. The van der Waals surface area contributed by atoms with Crippen molar-refractivity contribution in [3.8, 4) is 0 Å². The van der Waals surface area contributed by atoms with Crippen molar-refractivity contribution in [1.82, 2.24) is 10.3 Å². The zero-order valence-electron chi connectivity index (χ0n) is 9.21. The Labute approximate surface area is 94.0 Å². The Morgan fingerprint density at radius 1 is 1.38 bits per heavy atom. The van der Waals surface area contributed by atoms with Crippen molar-refractivity contribution in [2.24, 2.45) is 0 Å². The number of aromatic nitrogens is 1. The average Bonchev–Trinajstić information content (AvgIpc) is 2.75. The lowest BCUT2D eigenvalue weighted by Crippen LogP contribution is -2.18. The predicted octanol–water partition coefficient (Wildman–Crippen LogP) is 1.72. The third kappa shape index (κ3) is 2.23. The lowest BCUT2D eigenvalue weighted by Gasteiger charge is -2.06. The van der Waals surface area contributed by atoms with E-state index in [9.17, 15) is 4.79 Å². The highest BCUT2D eigenvalue weighted by Gasteiger charge is 2.05. The molecule has 0 saturated heterocycles. The minimum absolute atomic E-state index is 0.0306. The number of anilines is 1. The van der Waals surface area contributed by atoms with Gasteiger partial charge in [-0.05, 0) is 25.2 Å². The van der Waals surface area contributed by atoms with Crippen LogP contribution in [0, 0.1) is 0 Å². The zero-order valence-corrected chi connectivity index (χ0v) is 9.21. The summed E-state index contributed by atoms with van der Waals surface area (Å²) in [4.78, 5) is 14.7. The first-order valence-corrected chi connectivity index (χ1v) is 5.32. The van der Waals surface area contributed by atoms with Crippen LogP contribution in [0.3, 0.4) is 0 Å². The molecule has 1 aromatic carbocycles. The third-order valence-corrected chi connectivity index (χ3v) is 2.47. The number of hydrogen-bond acceptors (Lipinski definition) is 2. The molecule has 0 spiro atoms. The van der Waals surface area contributed by atoms with Gasteiger partial charge in [0.1, 0.15) is 0 Å². The lowest BCUT2D eigenvalue weighted by atomic mass is 10.2. The molecule has 1 aromatic heterocycles. The van der Waals surface area contributed by atoms with Crippen molar-refractivity contribution in [3.63, 3.8) is 0 Å². The average molecular weight is 217 g/mol. The number of nitrogens with one attached hydrogen (secondary N) is 3. The van der Waals surface area contributed by atoms with E-state index in [1.165, 1.54) is 0 Å². The number of hydrogen-bond donors (Lipinski definition) is 3. The largest absolute Gasteiger partial charge is 0.361 e. The standard InChI is InChI=1S/C12H15N3O/c1-13-7-6-12(16)15-11-4-2-3-10-9(11)5-8-14-10/h2-5,8,13-14H,6-7H2,1H3,(H,15,16). The van der Waals surface area contributed by atoms with E-state index >= 15 is 0 Å². The molecule has 0 saturated carbocycles. The minimum Gasteiger partial charge on any atom is -0.361 e. The fourth-order valence-electron chi connectivity index (χ4n) is 1.65. The maximum absolute atomic E-state index is 11.6. The lowest BCUT2D eigenvalue weighted by molar-refractivity contribution is -0.116. The van der Waals surface area contributed by atoms with Crippen LogP contribution in [0.1, 0.15) is 6.42 Å². The smallest absolute Gasteiger partial charge is 0.225 e. The summed E-state index contributed by atoms with van der Waals surface area (Å²) in [7, 11) is 1.83. The highest BCUT2D eigenvalue weighted by atomic mass is 16.1. The van der Waals surface area contributed by atoms with Crippen molar-refractivity contribution in [3.05, 3.63) is 30.5 Å². The number of rotatable bonds is 4. The molecule has 0 aliphatic rings. The van der Waals surface area contributed by atoms with E-state index in [-0.39, 0.29) is 5.91 Å². The van der Waals surface area contributed by atoms with Crippen LogP contribution >= 0.6 is 0 Å². The summed E-state index contributed by atoms with van der Waals surface area (Å²) in [6, 6.07) is 7.78. The Bertz CT molecular complexity index is 490. The van der Waals surface area contributed by atoms with E-state index in [1.54, 1.807) is 0 Å². The molecule has 4 nitrogen and oxygen atoms in total. The topological polar surface area (TPSA) is 56.9 Å². The van der Waals surface area contributed by atoms with Crippen molar-refractivity contribution in [2.45, 2.75) is 6.42 Å². The summed E-state index contributed by atoms with van der Waals surface area (Å²) < 4.78 is 0. The van der Waals surface area contributed by atoms with Gasteiger partial charge in [-0.2, -0.15) is 0 Å². The number of H-pyrrole nitrogens is 1. The Hall–Kier alpha value is -1.81. The molecule has 84 valence electrons. The van der Waals surface area contributed by atoms with Gasteiger partial charge < -0.3 is 15.6 Å². The molecule has 0 bridgehead atoms. The van der Waals surface area contributed by atoms with Crippen LogP contribution in [0.15, 0.2) is 30.5 Å². The van der Waals surface area contributed by atoms with Gasteiger partial charge >= 0.3 is 0 Å². The van der Waals surface area contributed by atoms with Gasteiger partial charge in [-0.3, -0.25) is 4.79 Å². The van der Waals surface area contributed by atoms with Gasteiger partial charge in [0, 0.05) is 30.1 Å². The molecule has 3 N–H and O–H groups in total. The summed E-state index contributed by atoms with van der Waals surface area (Å²) in [6.45, 7) is 0.689. The van der Waals surface area contributed by atoms with Crippen LogP contribution in [-0.4, -0.2) is 24.5 Å². The van der Waals surface area contributed by atoms with Gasteiger partial charge in [-0.1, -0.05) is 6.07 Å². The number of aromatic amines is 1. The van der Waals surface area contributed by atoms with E-state index in [0.29, 0.717) is 13.0 Å². The quantitative estimate of drug-likeness (QED) is 0.730. The molecule has 2 rings (SSSR count). The highest BCUT2D eigenvalue weighted by molar-refractivity contribution is 6.01. The SMILES string of the molecule is CNCCC(=O)Nc1cccc2[nH]ccc12. The van der Waals surface area contributed by atoms with Crippen LogP contribution in [0.25, 0.3) is 10.9 Å². The van der Waals surface area contributed by atoms with Gasteiger partial charge in [0.05, 0.1) is 5.69 Å². The summed E-state index contributed by atoms with van der Waals surface area (Å²) in [5.74, 6) is 0.0306. The molecule has 0 unspecified atom stereocenters. The second-order valence-corrected chi connectivity index (χ2v) is 3.65. The van der Waals surface area contributed by atoms with Crippen molar-refractivity contribution in [1.29, 1.82) is 0 Å². The number of amides is 1. The Morgan fingerprint density at radius 3 is 3.06 bits per heavy atom. The van der Waals surface area contributed by atoms with Gasteiger partial charge in [0.15, 0.2) is 0 Å². The van der Waals surface area contributed by atoms with Crippen LogP contribution < -0.4 is 10.6 Å². The second-order valence-electron chi connectivity index (χ2n) is 3.65. The molecule has 16 heavy (non-hydrogen) atoms. The number of fused-ring (bicyclic) bond motifs is 1. The van der Waals surface area contributed by atoms with Crippen LogP contribution in [0.5, 0.6) is 0 Å². The van der Waals surface area contributed by atoms with Gasteiger partial charge in [-0.15, -0.1) is 0 Å². The van der Waals surface area contributed by atoms with Crippen LogP contribution in [-0.2, 0) is 4.79 Å². The summed E-state index contributed by atoms with van der Waals surface area (Å²) >= 11 is 0. The molecule has 0 aliphatic carbocycles.